The molecular weight excluding hydrogens is 340 g/mol. The number of amides is 1. The lowest BCUT2D eigenvalue weighted by molar-refractivity contribution is -0.137. The van der Waals surface area contributed by atoms with Crippen LogP contribution in [0.1, 0.15) is 24.3 Å². The molecule has 4 rings (SSSR count). The Hall–Kier alpha value is -2.34. The number of rotatable bonds is 4. The van der Waals surface area contributed by atoms with E-state index in [-0.39, 0.29) is 5.92 Å². The van der Waals surface area contributed by atoms with E-state index in [2.05, 4.69) is 31.8 Å². The lowest BCUT2D eigenvalue weighted by atomic mass is 9.96. The van der Waals surface area contributed by atoms with Crippen LogP contribution < -0.4 is 4.90 Å². The quantitative estimate of drug-likeness (QED) is 0.830. The summed E-state index contributed by atoms with van der Waals surface area (Å²) in [4.78, 5) is 24.1. The van der Waals surface area contributed by atoms with E-state index in [1.807, 2.05) is 25.3 Å². The van der Waals surface area contributed by atoms with Crippen molar-refractivity contribution in [1.29, 1.82) is 0 Å². The van der Waals surface area contributed by atoms with Crippen molar-refractivity contribution in [2.75, 3.05) is 44.2 Å². The van der Waals surface area contributed by atoms with E-state index in [1.165, 1.54) is 5.69 Å². The number of hydrogen-bond acceptors (Lipinski definition) is 5. The molecule has 6 nitrogen and oxygen atoms in total. The molecule has 0 unspecified atom stereocenters. The molecule has 1 amide bonds. The Morgan fingerprint density at radius 2 is 2.07 bits per heavy atom. The van der Waals surface area contributed by atoms with Crippen LogP contribution in [0.2, 0.25) is 0 Å². The zero-order valence-electron chi connectivity index (χ0n) is 16.0. The van der Waals surface area contributed by atoms with Gasteiger partial charge in [0.15, 0.2) is 0 Å². The molecular formula is C21H28N4O2. The van der Waals surface area contributed by atoms with Crippen LogP contribution in [0.4, 0.5) is 5.69 Å². The van der Waals surface area contributed by atoms with Gasteiger partial charge in [0.05, 0.1) is 18.7 Å². The van der Waals surface area contributed by atoms with Crippen molar-refractivity contribution in [3.05, 3.63) is 48.2 Å². The van der Waals surface area contributed by atoms with Crippen LogP contribution in [0.15, 0.2) is 41.1 Å². The van der Waals surface area contributed by atoms with E-state index in [4.69, 9.17) is 4.42 Å². The summed E-state index contributed by atoms with van der Waals surface area (Å²) >= 11 is 0. The van der Waals surface area contributed by atoms with Crippen molar-refractivity contribution in [2.24, 2.45) is 5.92 Å². The number of nitrogens with zero attached hydrogens (tertiary/aromatic N) is 4. The van der Waals surface area contributed by atoms with Crippen LogP contribution in [0.3, 0.4) is 0 Å². The number of anilines is 1. The minimum atomic E-state index is 0.114. The number of aryl methyl sites for hydroxylation is 1. The monoisotopic (exact) mass is 368 g/mol. The van der Waals surface area contributed by atoms with Crippen LogP contribution >= 0.6 is 0 Å². The molecule has 0 saturated carbocycles. The minimum absolute atomic E-state index is 0.114. The van der Waals surface area contributed by atoms with Crippen LogP contribution in [0.25, 0.3) is 0 Å². The molecule has 0 aliphatic carbocycles. The molecule has 27 heavy (non-hydrogen) atoms. The summed E-state index contributed by atoms with van der Waals surface area (Å²) in [5.41, 5.74) is 2.24. The number of piperazine rings is 1. The topological polar surface area (TPSA) is 52.8 Å². The molecule has 144 valence electrons. The zero-order chi connectivity index (χ0) is 18.6. The average molecular weight is 368 g/mol. The highest BCUT2D eigenvalue weighted by Gasteiger charge is 2.31. The number of likely N-dealkylation sites (tertiary alicyclic amines) is 1. The van der Waals surface area contributed by atoms with Crippen molar-refractivity contribution in [3.8, 4) is 0 Å². The van der Waals surface area contributed by atoms with Crippen molar-refractivity contribution in [3.63, 3.8) is 0 Å². The fourth-order valence-corrected chi connectivity index (χ4v) is 4.19. The van der Waals surface area contributed by atoms with Gasteiger partial charge in [-0.3, -0.25) is 14.7 Å². The third-order valence-electron chi connectivity index (χ3n) is 5.65. The van der Waals surface area contributed by atoms with E-state index in [0.717, 1.165) is 70.1 Å². The van der Waals surface area contributed by atoms with Gasteiger partial charge < -0.3 is 14.2 Å². The Balaban J connectivity index is 1.31. The highest BCUT2D eigenvalue weighted by atomic mass is 16.3. The molecule has 2 aromatic rings. The predicted molar refractivity (Wildman–Crippen MR) is 104 cm³/mol. The number of aromatic nitrogens is 1. The van der Waals surface area contributed by atoms with Gasteiger partial charge in [0.1, 0.15) is 5.76 Å². The summed E-state index contributed by atoms with van der Waals surface area (Å²) in [6, 6.07) is 8.10. The number of carbonyl (C=O) groups excluding carboxylic acids is 1. The van der Waals surface area contributed by atoms with E-state index in [0.29, 0.717) is 5.91 Å². The molecule has 0 N–H and O–H groups in total. The summed E-state index contributed by atoms with van der Waals surface area (Å²) in [5, 5.41) is 0. The molecule has 2 aromatic heterocycles. The normalized spacial score (nSPS) is 21.4. The summed E-state index contributed by atoms with van der Waals surface area (Å²) in [6.45, 7) is 8.07. The van der Waals surface area contributed by atoms with Gasteiger partial charge in [0, 0.05) is 50.3 Å². The van der Waals surface area contributed by atoms with Gasteiger partial charge in [-0.25, -0.2) is 0 Å². The van der Waals surface area contributed by atoms with Crippen molar-refractivity contribution in [1.82, 2.24) is 14.8 Å². The second-order valence-corrected chi connectivity index (χ2v) is 7.62. The van der Waals surface area contributed by atoms with Gasteiger partial charge in [-0.15, -0.1) is 0 Å². The molecule has 0 bridgehead atoms. The summed E-state index contributed by atoms with van der Waals surface area (Å²) in [7, 11) is 0. The maximum absolute atomic E-state index is 13.0. The SMILES string of the molecule is Cc1cc(N2CCN(C(=O)[C@@H]3CCCN(Cc4ccco4)C3)CC2)ccn1. The number of piperidine rings is 1. The second kappa shape index (κ2) is 8.13. The fourth-order valence-electron chi connectivity index (χ4n) is 4.19. The summed E-state index contributed by atoms with van der Waals surface area (Å²) < 4.78 is 5.46. The van der Waals surface area contributed by atoms with Crippen LogP contribution in [-0.4, -0.2) is 60.0 Å². The number of carbonyl (C=O) groups is 1. The zero-order valence-corrected chi connectivity index (χ0v) is 16.0. The number of furan rings is 1. The highest BCUT2D eigenvalue weighted by Crippen LogP contribution is 2.23. The summed E-state index contributed by atoms with van der Waals surface area (Å²) in [6.07, 6.45) is 5.65. The van der Waals surface area contributed by atoms with Gasteiger partial charge >= 0.3 is 0 Å². The fraction of sp³-hybridized carbons (Fsp3) is 0.524. The lowest BCUT2D eigenvalue weighted by Crippen LogP contribution is -2.52. The molecule has 1 atom stereocenters. The first-order chi connectivity index (χ1) is 13.2. The lowest BCUT2D eigenvalue weighted by Gasteiger charge is -2.39. The molecule has 4 heterocycles. The average Bonchev–Trinajstić information content (AvgIpc) is 3.21. The molecule has 0 radical (unpaired) electrons. The Morgan fingerprint density at radius 1 is 1.22 bits per heavy atom. The van der Waals surface area contributed by atoms with Gasteiger partial charge in [-0.2, -0.15) is 0 Å². The second-order valence-electron chi connectivity index (χ2n) is 7.62. The van der Waals surface area contributed by atoms with Gasteiger partial charge in [0.25, 0.3) is 0 Å². The van der Waals surface area contributed by atoms with Gasteiger partial charge in [0.2, 0.25) is 5.91 Å². The predicted octanol–water partition coefficient (Wildman–Crippen LogP) is 2.54. The van der Waals surface area contributed by atoms with Crippen molar-refractivity contribution < 1.29 is 9.21 Å². The molecule has 0 spiro atoms. The molecule has 6 heteroatoms. The van der Waals surface area contributed by atoms with E-state index < -0.39 is 0 Å². The minimum Gasteiger partial charge on any atom is -0.468 e. The van der Waals surface area contributed by atoms with Gasteiger partial charge in [-0.1, -0.05) is 0 Å². The van der Waals surface area contributed by atoms with E-state index in [1.54, 1.807) is 6.26 Å². The highest BCUT2D eigenvalue weighted by molar-refractivity contribution is 5.79. The Bertz CT molecular complexity index is 753. The van der Waals surface area contributed by atoms with Crippen LogP contribution in [0, 0.1) is 12.8 Å². The van der Waals surface area contributed by atoms with Crippen LogP contribution in [-0.2, 0) is 11.3 Å². The Labute approximate surface area is 160 Å². The van der Waals surface area contributed by atoms with Gasteiger partial charge in [-0.05, 0) is 50.6 Å². The number of pyridine rings is 1. The van der Waals surface area contributed by atoms with Crippen molar-refractivity contribution >= 4 is 11.6 Å². The largest absolute Gasteiger partial charge is 0.468 e. The first kappa shape index (κ1) is 18.0. The first-order valence-corrected chi connectivity index (χ1v) is 9.90. The molecule has 2 saturated heterocycles. The van der Waals surface area contributed by atoms with Crippen molar-refractivity contribution in [2.45, 2.75) is 26.3 Å². The third kappa shape index (κ3) is 4.33. The molecule has 2 aliphatic heterocycles. The molecule has 2 aliphatic rings. The third-order valence-corrected chi connectivity index (χ3v) is 5.65. The number of hydrogen-bond donors (Lipinski definition) is 0. The molecule has 0 aromatic carbocycles. The summed E-state index contributed by atoms with van der Waals surface area (Å²) in [5.74, 6) is 1.41. The Kier molecular flexibility index (Phi) is 5.43. The Morgan fingerprint density at radius 3 is 2.81 bits per heavy atom. The van der Waals surface area contributed by atoms with Crippen LogP contribution in [0.5, 0.6) is 0 Å². The first-order valence-electron chi connectivity index (χ1n) is 9.90. The smallest absolute Gasteiger partial charge is 0.227 e. The maximum atomic E-state index is 13.0. The maximum Gasteiger partial charge on any atom is 0.227 e. The van der Waals surface area contributed by atoms with E-state index >= 15 is 0 Å². The van der Waals surface area contributed by atoms with E-state index in [9.17, 15) is 4.79 Å². The molecule has 2 fully saturated rings. The standard InChI is InChI=1S/C21H28N4O2/c1-17-14-19(6-7-22-17)24-9-11-25(12-10-24)21(26)18-4-2-8-23(15-18)16-20-5-3-13-27-20/h3,5-7,13-14,18H,2,4,8-12,15-16H2,1H3/t18-/m1/s1.